The first-order valence-corrected chi connectivity index (χ1v) is 21.0. The number of aliphatic carboxylic acids is 1. The van der Waals surface area contributed by atoms with E-state index >= 15 is 0 Å². The predicted octanol–water partition coefficient (Wildman–Crippen LogP) is 7.46. The van der Waals surface area contributed by atoms with Gasteiger partial charge in [-0.2, -0.15) is 0 Å². The van der Waals surface area contributed by atoms with Crippen LogP contribution in [0.15, 0.2) is 41.8 Å². The molecule has 2 aliphatic carbocycles. The number of rotatable bonds is 10. The molecule has 2 N–H and O–H groups in total. The number of aromatic nitrogens is 2. The molecule has 4 heterocycles. The number of allylic oxidation sites excluding steroid dienone is 2. The summed E-state index contributed by atoms with van der Waals surface area (Å²) in [6, 6.07) is 6.43. The Balaban J connectivity index is 1.20. The molecule has 2 aliphatic heterocycles. The molecular weight excluding hydrogens is 719 g/mol. The Morgan fingerprint density at radius 2 is 1.82 bits per heavy atom. The van der Waals surface area contributed by atoms with Crippen LogP contribution in [0, 0.1) is 23.2 Å². The van der Waals surface area contributed by atoms with Crippen LogP contribution in [-0.2, 0) is 36.9 Å². The number of carbonyl (C=O) groups is 4. The quantitative estimate of drug-likeness (QED) is 0.157. The van der Waals surface area contributed by atoms with Gasteiger partial charge in [-0.05, 0) is 80.9 Å². The smallest absolute Gasteiger partial charge is 0.310 e. The topological polar surface area (TPSA) is 156 Å². The second-order valence-corrected chi connectivity index (χ2v) is 17.4. The average Bonchev–Trinajstić information content (AvgIpc) is 3.58. The third-order valence-electron chi connectivity index (χ3n) is 11.8. The summed E-state index contributed by atoms with van der Waals surface area (Å²) in [5, 5.41) is 24.0. The van der Waals surface area contributed by atoms with E-state index in [2.05, 4.69) is 13.8 Å². The third kappa shape index (κ3) is 8.96. The van der Waals surface area contributed by atoms with E-state index in [4.69, 9.17) is 19.4 Å². The normalized spacial score (nSPS) is 27.0. The Labute approximate surface area is 326 Å². The van der Waals surface area contributed by atoms with Crippen LogP contribution < -0.4 is 4.74 Å². The summed E-state index contributed by atoms with van der Waals surface area (Å²) in [6.45, 7) is 4.25. The van der Waals surface area contributed by atoms with E-state index in [9.17, 15) is 29.4 Å². The molecular formula is C43H53N3O8S. The van der Waals surface area contributed by atoms with Crippen molar-refractivity contribution in [2.45, 2.75) is 129 Å². The molecule has 0 spiro atoms. The molecule has 3 aromatic rings. The van der Waals surface area contributed by atoms with Crippen molar-refractivity contribution in [3.8, 4) is 17.1 Å². The number of amides is 1. The SMILES string of the molecule is CC(C)Cc1nc(-c2cc(O[C@@H]3C[C@H]4C(=O)C[C@]5(C(=O)O)C[C@H]5/C=C\CCCCC[C@H](CC(=O)OC5CCCC5)C(=O)N4C3)c3ccc(CO)cc3n2)cs1. The van der Waals surface area contributed by atoms with Gasteiger partial charge in [0.1, 0.15) is 18.0 Å². The summed E-state index contributed by atoms with van der Waals surface area (Å²) in [4.78, 5) is 66.2. The maximum atomic E-state index is 14.6. The van der Waals surface area contributed by atoms with Crippen LogP contribution in [0.25, 0.3) is 22.3 Å². The van der Waals surface area contributed by atoms with Crippen molar-refractivity contribution in [2.75, 3.05) is 6.54 Å². The van der Waals surface area contributed by atoms with Crippen molar-refractivity contribution in [2.24, 2.45) is 23.2 Å². The van der Waals surface area contributed by atoms with Gasteiger partial charge in [-0.25, -0.2) is 9.97 Å². The van der Waals surface area contributed by atoms with Gasteiger partial charge in [0.25, 0.3) is 0 Å². The van der Waals surface area contributed by atoms with Crippen molar-refractivity contribution >= 4 is 45.9 Å². The van der Waals surface area contributed by atoms with Crippen molar-refractivity contribution in [3.63, 3.8) is 0 Å². The van der Waals surface area contributed by atoms with Gasteiger partial charge in [-0.3, -0.25) is 19.2 Å². The molecule has 1 saturated heterocycles. The summed E-state index contributed by atoms with van der Waals surface area (Å²) in [6.07, 6.45) is 11.9. The lowest BCUT2D eigenvalue weighted by molar-refractivity contribution is -0.154. The van der Waals surface area contributed by atoms with Gasteiger partial charge >= 0.3 is 11.9 Å². The Morgan fingerprint density at radius 3 is 2.58 bits per heavy atom. The lowest BCUT2D eigenvalue weighted by Gasteiger charge is -2.28. The second-order valence-electron chi connectivity index (χ2n) is 16.5. The summed E-state index contributed by atoms with van der Waals surface area (Å²) < 4.78 is 12.6. The first kappa shape index (κ1) is 39.1. The minimum absolute atomic E-state index is 0.0582. The van der Waals surface area contributed by atoms with Crippen molar-refractivity contribution in [1.82, 2.24) is 14.9 Å². The zero-order chi connectivity index (χ0) is 38.7. The summed E-state index contributed by atoms with van der Waals surface area (Å²) in [7, 11) is 0. The Kier molecular flexibility index (Phi) is 12.0. The van der Waals surface area contributed by atoms with E-state index in [1.807, 2.05) is 41.8 Å². The second kappa shape index (κ2) is 16.9. The van der Waals surface area contributed by atoms with E-state index in [0.717, 1.165) is 62.8 Å². The summed E-state index contributed by atoms with van der Waals surface area (Å²) in [5.74, 6) is -1.90. The molecule has 4 aliphatic rings. The summed E-state index contributed by atoms with van der Waals surface area (Å²) in [5.41, 5.74) is 1.46. The number of nitrogens with zero attached hydrogens (tertiary/aromatic N) is 3. The molecule has 55 heavy (non-hydrogen) atoms. The first-order valence-electron chi connectivity index (χ1n) is 20.1. The number of benzene rings is 1. The maximum Gasteiger partial charge on any atom is 0.310 e. The minimum Gasteiger partial charge on any atom is -0.488 e. The molecule has 0 bridgehead atoms. The highest BCUT2D eigenvalue weighted by molar-refractivity contribution is 7.09. The molecule has 5 atom stereocenters. The molecule has 294 valence electrons. The molecule has 11 nitrogen and oxygen atoms in total. The molecule has 0 radical (unpaired) electrons. The van der Waals surface area contributed by atoms with E-state index in [-0.39, 0.29) is 62.1 Å². The number of Topliss-reactive ketones (excluding diaryl/α,β-unsaturated/α-hetero) is 1. The molecule has 7 rings (SSSR count). The van der Waals surface area contributed by atoms with Crippen LogP contribution in [0.4, 0.5) is 0 Å². The van der Waals surface area contributed by atoms with Gasteiger partial charge in [0.15, 0.2) is 5.78 Å². The Morgan fingerprint density at radius 1 is 1.02 bits per heavy atom. The number of ketones is 1. The van der Waals surface area contributed by atoms with Crippen molar-refractivity contribution in [1.29, 1.82) is 0 Å². The maximum absolute atomic E-state index is 14.6. The number of hydrogen-bond acceptors (Lipinski definition) is 10. The van der Waals surface area contributed by atoms with Crippen LogP contribution in [0.2, 0.25) is 0 Å². The van der Waals surface area contributed by atoms with E-state index in [1.165, 1.54) is 0 Å². The van der Waals surface area contributed by atoms with Crippen molar-refractivity contribution < 1.29 is 38.9 Å². The van der Waals surface area contributed by atoms with E-state index in [1.54, 1.807) is 16.2 Å². The van der Waals surface area contributed by atoms with Crippen LogP contribution in [0.5, 0.6) is 5.75 Å². The lowest BCUT2D eigenvalue weighted by atomic mass is 9.91. The lowest BCUT2D eigenvalue weighted by Crippen LogP contribution is -2.45. The zero-order valence-corrected chi connectivity index (χ0v) is 32.7. The fraction of sp³-hybridized carbons (Fsp3) is 0.581. The van der Waals surface area contributed by atoms with Crippen LogP contribution in [-0.4, -0.2) is 73.5 Å². The molecule has 1 amide bonds. The van der Waals surface area contributed by atoms with Gasteiger partial charge in [0.2, 0.25) is 5.91 Å². The largest absolute Gasteiger partial charge is 0.488 e. The first-order chi connectivity index (χ1) is 26.5. The number of aliphatic hydroxyl groups excluding tert-OH is 1. The number of esters is 1. The number of carbonyl (C=O) groups excluding carboxylic acids is 3. The van der Waals surface area contributed by atoms with Gasteiger partial charge in [0.05, 0.1) is 52.9 Å². The number of fused-ring (bicyclic) bond motifs is 3. The fourth-order valence-corrected chi connectivity index (χ4v) is 9.67. The average molecular weight is 772 g/mol. The van der Waals surface area contributed by atoms with Gasteiger partial charge in [-0.15, -0.1) is 11.3 Å². The molecule has 2 saturated carbocycles. The number of thiazole rings is 1. The Hall–Kier alpha value is -4.16. The highest BCUT2D eigenvalue weighted by Gasteiger charge is 2.61. The Bertz CT molecular complexity index is 1940. The number of ether oxygens (including phenoxy) is 2. The van der Waals surface area contributed by atoms with E-state index < -0.39 is 29.4 Å². The molecule has 3 fully saturated rings. The third-order valence-corrected chi connectivity index (χ3v) is 12.7. The number of carboxylic acids is 1. The van der Waals surface area contributed by atoms with E-state index in [0.29, 0.717) is 52.4 Å². The number of pyridine rings is 1. The molecule has 0 unspecified atom stereocenters. The van der Waals surface area contributed by atoms with Crippen molar-refractivity contribution in [3.05, 3.63) is 52.4 Å². The molecule has 1 aromatic carbocycles. The molecule has 12 heteroatoms. The fourth-order valence-electron chi connectivity index (χ4n) is 8.67. The monoisotopic (exact) mass is 771 g/mol. The highest BCUT2D eigenvalue weighted by Crippen LogP contribution is 2.57. The number of carboxylic acid groups (broad SMARTS) is 1. The standard InChI is InChI=1S/C43H53N3O8S/c1-26(2)16-39-45-35(25-55-39)34-20-38(32-15-14-27(24-47)17-33(32)44-34)53-31-19-36-37(48)22-43(42(51)52)21-29(43)11-7-5-3-4-6-10-28(41(50)46(36)23-31)18-40(49)54-30-12-8-9-13-30/h7,11,14-15,17,20,25-26,28-31,36,47H,3-6,8-10,12-13,16,18-19,21-24H2,1-2H3,(H,51,52)/b11-7-/t28-,29-,31-,36+,43-/m1/s1. The van der Waals surface area contributed by atoms with Crippen LogP contribution in [0.3, 0.4) is 0 Å². The minimum atomic E-state index is -1.19. The van der Waals surface area contributed by atoms with Gasteiger partial charge in [-0.1, -0.05) is 44.9 Å². The molecule has 2 aromatic heterocycles. The predicted molar refractivity (Wildman–Crippen MR) is 208 cm³/mol. The van der Waals surface area contributed by atoms with Gasteiger partial charge < -0.3 is 24.6 Å². The van der Waals surface area contributed by atoms with Crippen LogP contribution in [0.1, 0.15) is 108 Å². The zero-order valence-electron chi connectivity index (χ0n) is 31.9. The summed E-state index contributed by atoms with van der Waals surface area (Å²) >= 11 is 1.58. The van der Waals surface area contributed by atoms with Gasteiger partial charge in [0, 0.05) is 42.0 Å². The number of hydrogen-bond donors (Lipinski definition) is 2. The number of aliphatic hydroxyl groups is 1. The van der Waals surface area contributed by atoms with Crippen LogP contribution >= 0.6 is 11.3 Å². The highest BCUT2D eigenvalue weighted by atomic mass is 32.1.